The minimum Gasteiger partial charge on any atom is -0.326 e. The molecular formula is C18H18ClFN2O3S. The first kappa shape index (κ1) is 18.8. The molecule has 8 heteroatoms. The largest absolute Gasteiger partial charge is 0.326 e. The lowest BCUT2D eigenvalue weighted by Gasteiger charge is -2.31. The first-order valence-corrected chi connectivity index (χ1v) is 10.0. The van der Waals surface area contributed by atoms with Crippen molar-refractivity contribution < 1.29 is 17.6 Å². The van der Waals surface area contributed by atoms with Crippen LogP contribution in [0.25, 0.3) is 0 Å². The van der Waals surface area contributed by atoms with Gasteiger partial charge >= 0.3 is 0 Å². The van der Waals surface area contributed by atoms with Crippen molar-refractivity contribution in [2.45, 2.75) is 17.7 Å². The summed E-state index contributed by atoms with van der Waals surface area (Å²) in [4.78, 5) is 12.5. The van der Waals surface area contributed by atoms with Crippen LogP contribution in [0, 0.1) is 11.7 Å². The van der Waals surface area contributed by atoms with Gasteiger partial charge < -0.3 is 5.32 Å². The van der Waals surface area contributed by atoms with Gasteiger partial charge in [-0.1, -0.05) is 17.7 Å². The number of halogens is 2. The molecule has 138 valence electrons. The molecule has 1 aliphatic heterocycles. The number of carbonyl (C=O) groups is 1. The molecule has 1 fully saturated rings. The predicted molar refractivity (Wildman–Crippen MR) is 98.0 cm³/mol. The molecule has 0 saturated carbocycles. The first-order valence-electron chi connectivity index (χ1n) is 8.18. The Morgan fingerprint density at radius 1 is 1.19 bits per heavy atom. The van der Waals surface area contributed by atoms with E-state index in [1.54, 1.807) is 24.3 Å². The second-order valence-electron chi connectivity index (χ2n) is 6.16. The molecule has 26 heavy (non-hydrogen) atoms. The molecule has 1 atom stereocenters. The number of hydrogen-bond donors (Lipinski definition) is 1. The summed E-state index contributed by atoms with van der Waals surface area (Å²) in [6.45, 7) is 0.423. The molecule has 1 heterocycles. The van der Waals surface area contributed by atoms with Crippen LogP contribution in [-0.4, -0.2) is 31.7 Å². The number of amides is 1. The highest BCUT2D eigenvalue weighted by Crippen LogP contribution is 2.25. The number of rotatable bonds is 4. The number of nitrogens with one attached hydrogen (secondary N) is 1. The van der Waals surface area contributed by atoms with Crippen molar-refractivity contribution in [3.8, 4) is 0 Å². The monoisotopic (exact) mass is 396 g/mol. The van der Waals surface area contributed by atoms with E-state index in [9.17, 15) is 17.6 Å². The van der Waals surface area contributed by atoms with Crippen molar-refractivity contribution in [3.63, 3.8) is 0 Å². The van der Waals surface area contributed by atoms with E-state index in [1.807, 2.05) is 0 Å². The number of carbonyl (C=O) groups excluding carboxylic acids is 1. The molecule has 0 aliphatic carbocycles. The van der Waals surface area contributed by atoms with Crippen molar-refractivity contribution in [3.05, 3.63) is 59.4 Å². The maximum absolute atomic E-state index is 13.0. The van der Waals surface area contributed by atoms with Crippen molar-refractivity contribution in [2.75, 3.05) is 18.4 Å². The number of benzene rings is 2. The average Bonchev–Trinajstić information content (AvgIpc) is 2.62. The summed E-state index contributed by atoms with van der Waals surface area (Å²) in [6, 6.07) is 11.5. The van der Waals surface area contributed by atoms with Gasteiger partial charge in [-0.05, 0) is 55.3 Å². The van der Waals surface area contributed by atoms with E-state index < -0.39 is 21.8 Å². The summed E-state index contributed by atoms with van der Waals surface area (Å²) in [5, 5.41) is 3.28. The van der Waals surface area contributed by atoms with E-state index in [0.29, 0.717) is 30.1 Å². The van der Waals surface area contributed by atoms with Crippen LogP contribution < -0.4 is 5.32 Å². The quantitative estimate of drug-likeness (QED) is 0.859. The van der Waals surface area contributed by atoms with Crippen LogP contribution >= 0.6 is 11.6 Å². The lowest BCUT2D eigenvalue weighted by Crippen LogP contribution is -2.43. The van der Waals surface area contributed by atoms with Gasteiger partial charge in [0.15, 0.2) is 0 Å². The molecule has 0 radical (unpaired) electrons. The third-order valence-corrected chi connectivity index (χ3v) is 6.41. The van der Waals surface area contributed by atoms with Crippen molar-refractivity contribution in [1.82, 2.24) is 4.31 Å². The topological polar surface area (TPSA) is 66.5 Å². The van der Waals surface area contributed by atoms with E-state index >= 15 is 0 Å². The molecule has 5 nitrogen and oxygen atoms in total. The van der Waals surface area contributed by atoms with Crippen LogP contribution in [0.1, 0.15) is 12.8 Å². The zero-order valence-corrected chi connectivity index (χ0v) is 15.4. The first-order chi connectivity index (χ1) is 12.4. The van der Waals surface area contributed by atoms with Gasteiger partial charge in [0.25, 0.3) is 0 Å². The fraction of sp³-hybridized carbons (Fsp3) is 0.278. The Hall–Kier alpha value is -1.96. The lowest BCUT2D eigenvalue weighted by molar-refractivity contribution is -0.120. The van der Waals surface area contributed by atoms with Crippen LogP contribution in [0.2, 0.25) is 5.02 Å². The van der Waals surface area contributed by atoms with Gasteiger partial charge in [0.05, 0.1) is 10.8 Å². The molecule has 0 bridgehead atoms. The molecular weight excluding hydrogens is 379 g/mol. The summed E-state index contributed by atoms with van der Waals surface area (Å²) in [5.41, 5.74) is 0.570. The summed E-state index contributed by atoms with van der Waals surface area (Å²) < 4.78 is 39.8. The van der Waals surface area contributed by atoms with E-state index in [-0.39, 0.29) is 17.3 Å². The smallest absolute Gasteiger partial charge is 0.243 e. The van der Waals surface area contributed by atoms with Crippen molar-refractivity contribution in [1.29, 1.82) is 0 Å². The average molecular weight is 397 g/mol. The number of sulfonamides is 1. The fourth-order valence-corrected chi connectivity index (χ4v) is 4.66. The molecule has 1 aliphatic rings. The van der Waals surface area contributed by atoms with Gasteiger partial charge in [-0.25, -0.2) is 12.8 Å². The lowest BCUT2D eigenvalue weighted by atomic mass is 9.99. The Balaban J connectivity index is 1.72. The third-order valence-electron chi connectivity index (χ3n) is 4.30. The summed E-state index contributed by atoms with van der Waals surface area (Å²) in [7, 11) is -3.76. The zero-order valence-electron chi connectivity index (χ0n) is 13.9. The number of hydrogen-bond acceptors (Lipinski definition) is 3. The normalized spacial score (nSPS) is 18.5. The molecule has 0 spiro atoms. The van der Waals surface area contributed by atoms with E-state index in [1.165, 1.54) is 16.4 Å². The molecule has 3 rings (SSSR count). The highest BCUT2D eigenvalue weighted by atomic mass is 35.5. The molecule has 1 saturated heterocycles. The Kier molecular flexibility index (Phi) is 5.60. The van der Waals surface area contributed by atoms with Crippen LogP contribution in [0.15, 0.2) is 53.4 Å². The SMILES string of the molecule is O=C(Nc1cccc(Cl)c1)[C@@H]1CCCN(S(=O)(=O)c2ccc(F)cc2)C1. The molecule has 0 aromatic heterocycles. The zero-order chi connectivity index (χ0) is 18.7. The second-order valence-corrected chi connectivity index (χ2v) is 8.53. The Morgan fingerprint density at radius 2 is 1.92 bits per heavy atom. The maximum atomic E-state index is 13.0. The number of nitrogens with zero attached hydrogens (tertiary/aromatic N) is 1. The molecule has 0 unspecified atom stereocenters. The van der Waals surface area contributed by atoms with Crippen LogP contribution in [0.5, 0.6) is 0 Å². The molecule has 1 amide bonds. The summed E-state index contributed by atoms with van der Waals surface area (Å²) in [6.07, 6.45) is 1.18. The second kappa shape index (κ2) is 7.73. The van der Waals surface area contributed by atoms with Crippen LogP contribution in [0.4, 0.5) is 10.1 Å². The third kappa shape index (κ3) is 4.23. The Morgan fingerprint density at radius 3 is 2.62 bits per heavy atom. The number of piperidine rings is 1. The van der Waals surface area contributed by atoms with Crippen molar-refractivity contribution in [2.24, 2.45) is 5.92 Å². The maximum Gasteiger partial charge on any atom is 0.243 e. The highest BCUT2D eigenvalue weighted by molar-refractivity contribution is 7.89. The minimum absolute atomic E-state index is 0.0230. The van der Waals surface area contributed by atoms with Crippen LogP contribution in [-0.2, 0) is 14.8 Å². The van der Waals surface area contributed by atoms with Gasteiger partial charge in [0.1, 0.15) is 5.82 Å². The fourth-order valence-electron chi connectivity index (χ4n) is 2.94. The summed E-state index contributed by atoms with van der Waals surface area (Å²) in [5.74, 6) is -1.20. The van der Waals surface area contributed by atoms with E-state index in [2.05, 4.69) is 5.32 Å². The van der Waals surface area contributed by atoms with Gasteiger partial charge in [0.2, 0.25) is 15.9 Å². The Bertz CT molecular complexity index is 903. The van der Waals surface area contributed by atoms with E-state index in [0.717, 1.165) is 12.1 Å². The number of anilines is 1. The Labute approximate surface area is 156 Å². The molecule has 2 aromatic carbocycles. The van der Waals surface area contributed by atoms with Gasteiger partial charge in [-0.3, -0.25) is 4.79 Å². The standard InChI is InChI=1S/C18H18ClFN2O3S/c19-14-4-1-5-16(11-14)21-18(23)13-3-2-10-22(12-13)26(24,25)17-8-6-15(20)7-9-17/h1,4-9,11,13H,2-3,10,12H2,(H,21,23)/t13-/m1/s1. The summed E-state index contributed by atoms with van der Waals surface area (Å²) >= 11 is 5.91. The van der Waals surface area contributed by atoms with Gasteiger partial charge in [-0.2, -0.15) is 4.31 Å². The van der Waals surface area contributed by atoms with Gasteiger partial charge in [0, 0.05) is 23.8 Å². The highest BCUT2D eigenvalue weighted by Gasteiger charge is 2.33. The van der Waals surface area contributed by atoms with Crippen LogP contribution in [0.3, 0.4) is 0 Å². The minimum atomic E-state index is -3.76. The van der Waals surface area contributed by atoms with E-state index in [4.69, 9.17) is 11.6 Å². The molecule has 2 aromatic rings. The van der Waals surface area contributed by atoms with Crippen molar-refractivity contribution >= 4 is 33.2 Å². The molecule has 1 N–H and O–H groups in total. The predicted octanol–water partition coefficient (Wildman–Crippen LogP) is 3.52. The van der Waals surface area contributed by atoms with Gasteiger partial charge in [-0.15, -0.1) is 0 Å².